The molecule has 2 saturated carbocycles. The molecule has 3 aliphatic rings. The van der Waals surface area contributed by atoms with Crippen LogP contribution in [-0.4, -0.2) is 45.1 Å². The number of pyridine rings is 1. The number of carbonyl (C=O) groups excluding carboxylic acids is 1. The Balaban J connectivity index is 1.23. The van der Waals surface area contributed by atoms with Crippen LogP contribution in [0.2, 0.25) is 5.02 Å². The number of hydrogen-bond acceptors (Lipinski definition) is 6. The van der Waals surface area contributed by atoms with E-state index in [4.69, 9.17) is 22.1 Å². The quantitative estimate of drug-likeness (QED) is 0.624. The SMILES string of the molecule is C=C(N)c1ccc(N2C3CC(NC(=O)C(C)(C)Oc4ccc(Cl)cc4S(C)=O)C34CC24)nc1. The molecule has 5 atom stereocenters. The summed E-state index contributed by atoms with van der Waals surface area (Å²) in [7, 11) is -1.29. The summed E-state index contributed by atoms with van der Waals surface area (Å²) >= 11 is 6.04. The molecule has 0 radical (unpaired) electrons. The Morgan fingerprint density at radius 3 is 2.73 bits per heavy atom. The summed E-state index contributed by atoms with van der Waals surface area (Å²) in [6, 6.07) is 9.77. The van der Waals surface area contributed by atoms with Gasteiger partial charge in [0, 0.05) is 52.3 Å². The lowest BCUT2D eigenvalue weighted by molar-refractivity contribution is -0.137. The Hall–Kier alpha value is -2.58. The molecule has 1 aliphatic heterocycles. The van der Waals surface area contributed by atoms with Crippen LogP contribution in [0.4, 0.5) is 5.82 Å². The van der Waals surface area contributed by atoms with Gasteiger partial charge in [-0.15, -0.1) is 0 Å². The Bertz CT molecular complexity index is 1180. The smallest absolute Gasteiger partial charge is 0.263 e. The molecular weight excluding hydrogens is 460 g/mol. The number of benzene rings is 1. The van der Waals surface area contributed by atoms with E-state index in [0.717, 1.165) is 24.2 Å². The van der Waals surface area contributed by atoms with Gasteiger partial charge in [0.15, 0.2) is 5.60 Å². The molecule has 1 aromatic carbocycles. The largest absolute Gasteiger partial charge is 0.477 e. The highest BCUT2D eigenvalue weighted by Gasteiger charge is 2.82. The van der Waals surface area contributed by atoms with Gasteiger partial charge in [-0.1, -0.05) is 18.2 Å². The molecule has 1 amide bonds. The van der Waals surface area contributed by atoms with E-state index in [1.807, 2.05) is 12.1 Å². The molecule has 1 spiro atoms. The minimum absolute atomic E-state index is 0.118. The maximum atomic E-state index is 13.1. The van der Waals surface area contributed by atoms with Gasteiger partial charge in [-0.3, -0.25) is 9.00 Å². The highest BCUT2D eigenvalue weighted by Crippen LogP contribution is 2.73. The van der Waals surface area contributed by atoms with Gasteiger partial charge < -0.3 is 20.7 Å². The molecule has 1 saturated heterocycles. The second-order valence-corrected chi connectivity index (χ2v) is 11.4. The van der Waals surface area contributed by atoms with E-state index < -0.39 is 16.4 Å². The second-order valence-electron chi connectivity index (χ2n) is 9.60. The van der Waals surface area contributed by atoms with Crippen molar-refractivity contribution in [1.29, 1.82) is 0 Å². The van der Waals surface area contributed by atoms with Crippen molar-refractivity contribution >= 4 is 39.8 Å². The second kappa shape index (κ2) is 7.46. The molecule has 5 rings (SSSR count). The lowest BCUT2D eigenvalue weighted by Crippen LogP contribution is -2.74. The van der Waals surface area contributed by atoms with Crippen molar-refractivity contribution in [3.63, 3.8) is 0 Å². The molecule has 33 heavy (non-hydrogen) atoms. The van der Waals surface area contributed by atoms with Crippen LogP contribution in [0.5, 0.6) is 5.75 Å². The van der Waals surface area contributed by atoms with E-state index in [9.17, 15) is 9.00 Å². The highest BCUT2D eigenvalue weighted by atomic mass is 35.5. The molecule has 2 aromatic rings. The number of halogens is 1. The summed E-state index contributed by atoms with van der Waals surface area (Å²) in [6.07, 6.45) is 5.24. The fraction of sp³-hybridized carbons (Fsp3) is 0.417. The standard InChI is InChI=1S/C24H27ClN4O3S/c1-13(26)14-5-8-21(27-12-14)29-19-10-18(24(19)11-20(24)29)28-22(30)23(2,3)32-16-7-6-15(25)9-17(16)33(4)31/h5-9,12,18-20H,1,10-11,26H2,2-4H3,(H,28,30). The summed E-state index contributed by atoms with van der Waals surface area (Å²) in [4.78, 5) is 20.5. The first-order chi connectivity index (χ1) is 15.5. The number of ether oxygens (including phenoxy) is 1. The van der Waals surface area contributed by atoms with Crippen LogP contribution in [0.15, 0.2) is 48.0 Å². The van der Waals surface area contributed by atoms with Crippen LogP contribution in [-0.2, 0) is 15.6 Å². The number of nitrogens with zero attached hydrogens (tertiary/aromatic N) is 2. The number of nitrogens with one attached hydrogen (secondary N) is 1. The average Bonchev–Trinajstić information content (AvgIpc) is 3.48. The third-order valence-electron chi connectivity index (χ3n) is 7.22. The predicted molar refractivity (Wildman–Crippen MR) is 130 cm³/mol. The summed E-state index contributed by atoms with van der Waals surface area (Å²) in [5.74, 6) is 1.16. The topological polar surface area (TPSA) is 97.5 Å². The van der Waals surface area contributed by atoms with Gasteiger partial charge in [0.1, 0.15) is 11.6 Å². The summed E-state index contributed by atoms with van der Waals surface area (Å²) in [6.45, 7) is 7.19. The Kier molecular flexibility index (Phi) is 5.03. The van der Waals surface area contributed by atoms with Gasteiger partial charge in [-0.2, -0.15) is 0 Å². The Morgan fingerprint density at radius 2 is 2.12 bits per heavy atom. The van der Waals surface area contributed by atoms with E-state index in [0.29, 0.717) is 33.4 Å². The zero-order chi connectivity index (χ0) is 23.7. The molecule has 3 fully saturated rings. The van der Waals surface area contributed by atoms with Crippen molar-refractivity contribution in [3.8, 4) is 5.75 Å². The first kappa shape index (κ1) is 22.2. The summed E-state index contributed by atoms with van der Waals surface area (Å²) in [5, 5.41) is 3.68. The average molecular weight is 487 g/mol. The lowest BCUT2D eigenvalue weighted by Gasteiger charge is -2.60. The highest BCUT2D eigenvalue weighted by molar-refractivity contribution is 7.84. The van der Waals surface area contributed by atoms with Crippen LogP contribution in [0.1, 0.15) is 32.3 Å². The van der Waals surface area contributed by atoms with Gasteiger partial charge in [0.25, 0.3) is 5.91 Å². The predicted octanol–water partition coefficient (Wildman–Crippen LogP) is 3.10. The zero-order valence-electron chi connectivity index (χ0n) is 18.8. The Morgan fingerprint density at radius 1 is 1.36 bits per heavy atom. The Labute approximate surface area is 200 Å². The molecule has 0 bridgehead atoms. The number of carbonyl (C=O) groups is 1. The van der Waals surface area contributed by atoms with Crippen molar-refractivity contribution in [2.75, 3.05) is 11.2 Å². The molecule has 5 unspecified atom stereocenters. The van der Waals surface area contributed by atoms with Crippen LogP contribution < -0.4 is 20.7 Å². The summed E-state index contributed by atoms with van der Waals surface area (Å²) < 4.78 is 18.1. The third-order valence-corrected chi connectivity index (χ3v) is 8.40. The van der Waals surface area contributed by atoms with E-state index in [2.05, 4.69) is 21.8 Å². The molecule has 174 valence electrons. The zero-order valence-corrected chi connectivity index (χ0v) is 20.4. The van der Waals surface area contributed by atoms with Crippen molar-refractivity contribution in [3.05, 3.63) is 53.7 Å². The van der Waals surface area contributed by atoms with Crippen molar-refractivity contribution in [2.24, 2.45) is 11.1 Å². The molecular formula is C24H27ClN4O3S. The van der Waals surface area contributed by atoms with Crippen LogP contribution in [0, 0.1) is 5.41 Å². The normalized spacial score (nSPS) is 27.9. The van der Waals surface area contributed by atoms with E-state index >= 15 is 0 Å². The fourth-order valence-electron chi connectivity index (χ4n) is 5.29. The monoisotopic (exact) mass is 486 g/mol. The van der Waals surface area contributed by atoms with Gasteiger partial charge in [0.05, 0.1) is 15.7 Å². The number of amides is 1. The third kappa shape index (κ3) is 3.42. The minimum atomic E-state index is -1.29. The lowest BCUT2D eigenvalue weighted by atomic mass is 9.64. The first-order valence-corrected chi connectivity index (χ1v) is 12.8. The number of nitrogens with two attached hydrogens (primary N) is 1. The van der Waals surface area contributed by atoms with Crippen LogP contribution in [0.25, 0.3) is 5.70 Å². The van der Waals surface area contributed by atoms with E-state index in [1.54, 1.807) is 44.5 Å². The minimum Gasteiger partial charge on any atom is -0.477 e. The number of piperidine rings is 1. The summed E-state index contributed by atoms with van der Waals surface area (Å²) in [5.41, 5.74) is 6.09. The van der Waals surface area contributed by atoms with Gasteiger partial charge in [-0.25, -0.2) is 4.98 Å². The fourth-order valence-corrected chi connectivity index (χ4v) is 6.22. The molecule has 3 N–H and O–H groups in total. The maximum Gasteiger partial charge on any atom is 0.263 e. The maximum absolute atomic E-state index is 13.1. The van der Waals surface area contributed by atoms with E-state index in [1.165, 1.54) is 0 Å². The number of rotatable bonds is 7. The van der Waals surface area contributed by atoms with Gasteiger partial charge >= 0.3 is 0 Å². The number of anilines is 1. The molecule has 9 heteroatoms. The van der Waals surface area contributed by atoms with Crippen molar-refractivity contribution in [2.45, 2.75) is 55.3 Å². The van der Waals surface area contributed by atoms with Crippen LogP contribution in [0.3, 0.4) is 0 Å². The number of aromatic nitrogens is 1. The molecule has 2 aliphatic carbocycles. The first-order valence-electron chi connectivity index (χ1n) is 10.9. The van der Waals surface area contributed by atoms with Crippen molar-refractivity contribution < 1.29 is 13.7 Å². The number of hydrogen-bond donors (Lipinski definition) is 2. The molecule has 1 aromatic heterocycles. The van der Waals surface area contributed by atoms with Crippen LogP contribution >= 0.6 is 11.6 Å². The van der Waals surface area contributed by atoms with Gasteiger partial charge in [0.2, 0.25) is 0 Å². The van der Waals surface area contributed by atoms with E-state index in [-0.39, 0.29) is 17.4 Å². The molecule has 2 heterocycles. The molecule has 7 nitrogen and oxygen atoms in total. The van der Waals surface area contributed by atoms with Gasteiger partial charge in [-0.05, 0) is 57.0 Å². The van der Waals surface area contributed by atoms with Crippen molar-refractivity contribution in [1.82, 2.24) is 10.3 Å².